The molecular formula is C19H30O4S. The molecule has 0 radical (unpaired) electrons. The second kappa shape index (κ2) is 7.54. The maximum Gasteiger partial charge on any atom is 0.179 e. The minimum absolute atomic E-state index is 0.0558. The first-order chi connectivity index (χ1) is 11.2. The van der Waals surface area contributed by atoms with Crippen LogP contribution < -0.4 is 0 Å². The van der Waals surface area contributed by atoms with Gasteiger partial charge in [-0.3, -0.25) is 0 Å². The van der Waals surface area contributed by atoms with E-state index in [1.807, 2.05) is 33.8 Å². The van der Waals surface area contributed by atoms with E-state index in [9.17, 15) is 8.42 Å². The van der Waals surface area contributed by atoms with Crippen molar-refractivity contribution < 1.29 is 17.9 Å². The van der Waals surface area contributed by atoms with Crippen molar-refractivity contribution in [2.45, 2.75) is 70.2 Å². The van der Waals surface area contributed by atoms with Crippen molar-refractivity contribution in [3.63, 3.8) is 0 Å². The summed E-state index contributed by atoms with van der Waals surface area (Å²) in [6.45, 7) is 8.69. The van der Waals surface area contributed by atoms with Gasteiger partial charge in [0.2, 0.25) is 0 Å². The lowest BCUT2D eigenvalue weighted by Crippen LogP contribution is -2.50. The van der Waals surface area contributed by atoms with E-state index in [2.05, 4.69) is 0 Å². The first kappa shape index (κ1) is 19.4. The summed E-state index contributed by atoms with van der Waals surface area (Å²) in [6, 6.07) is 8.65. The Morgan fingerprint density at radius 3 is 2.38 bits per heavy atom. The van der Waals surface area contributed by atoms with E-state index in [0.29, 0.717) is 17.9 Å². The summed E-state index contributed by atoms with van der Waals surface area (Å²) in [5.41, 5.74) is -1.12. The zero-order valence-electron chi connectivity index (χ0n) is 15.2. The fraction of sp³-hybridized carbons (Fsp3) is 0.684. The molecule has 0 bridgehead atoms. The largest absolute Gasteiger partial charge is 0.353 e. The third-order valence-electron chi connectivity index (χ3n) is 5.41. The molecule has 0 amide bonds. The van der Waals surface area contributed by atoms with Gasteiger partial charge in [0.05, 0.1) is 16.2 Å². The van der Waals surface area contributed by atoms with Crippen molar-refractivity contribution in [3.8, 4) is 0 Å². The van der Waals surface area contributed by atoms with Gasteiger partial charge in [-0.25, -0.2) is 8.42 Å². The average molecular weight is 355 g/mol. The van der Waals surface area contributed by atoms with E-state index in [0.717, 1.165) is 19.3 Å². The van der Waals surface area contributed by atoms with Gasteiger partial charge in [-0.2, -0.15) is 0 Å². The highest BCUT2D eigenvalue weighted by Gasteiger charge is 2.45. The molecule has 2 rings (SSSR count). The van der Waals surface area contributed by atoms with Crippen LogP contribution in [0.25, 0.3) is 0 Å². The maximum atomic E-state index is 12.9. The predicted molar refractivity (Wildman–Crippen MR) is 95.6 cm³/mol. The third kappa shape index (κ3) is 4.38. The number of rotatable bonds is 7. The fourth-order valence-corrected chi connectivity index (χ4v) is 5.24. The van der Waals surface area contributed by atoms with Crippen LogP contribution in [0.3, 0.4) is 0 Å². The molecule has 1 heterocycles. The molecule has 1 fully saturated rings. The molecule has 0 aliphatic carbocycles. The molecular weight excluding hydrogens is 324 g/mol. The molecule has 1 aliphatic rings. The quantitative estimate of drug-likeness (QED) is 0.736. The van der Waals surface area contributed by atoms with E-state index in [-0.39, 0.29) is 12.0 Å². The molecule has 24 heavy (non-hydrogen) atoms. The van der Waals surface area contributed by atoms with Gasteiger partial charge in [0.1, 0.15) is 0 Å². The lowest BCUT2D eigenvalue weighted by atomic mass is 9.74. The van der Waals surface area contributed by atoms with Gasteiger partial charge >= 0.3 is 0 Å². The molecule has 0 spiro atoms. The normalized spacial score (nSPS) is 22.1. The highest BCUT2D eigenvalue weighted by Crippen LogP contribution is 2.41. The molecule has 5 heteroatoms. The Hall–Kier alpha value is -0.910. The van der Waals surface area contributed by atoms with Gasteiger partial charge in [0.25, 0.3) is 0 Å². The second-order valence-electron chi connectivity index (χ2n) is 7.41. The summed E-state index contributed by atoms with van der Waals surface area (Å²) in [6.07, 6.45) is 3.49. The zero-order chi connectivity index (χ0) is 17.8. The molecule has 2 atom stereocenters. The molecule has 1 aromatic carbocycles. The molecule has 1 unspecified atom stereocenters. The van der Waals surface area contributed by atoms with Crippen LogP contribution in [0.2, 0.25) is 0 Å². The van der Waals surface area contributed by atoms with Crippen LogP contribution in [-0.4, -0.2) is 32.7 Å². The van der Waals surface area contributed by atoms with Gasteiger partial charge in [-0.15, -0.1) is 0 Å². The van der Waals surface area contributed by atoms with Gasteiger partial charge < -0.3 is 9.47 Å². The van der Waals surface area contributed by atoms with Gasteiger partial charge in [-0.05, 0) is 51.7 Å². The average Bonchev–Trinajstić information content (AvgIpc) is 2.55. The molecule has 1 saturated heterocycles. The number of hydrogen-bond donors (Lipinski definition) is 0. The number of ether oxygens (including phenoxy) is 2. The predicted octanol–water partition coefficient (Wildman–Crippen LogP) is 4.20. The topological polar surface area (TPSA) is 52.6 Å². The van der Waals surface area contributed by atoms with E-state index < -0.39 is 20.9 Å². The summed E-state index contributed by atoms with van der Waals surface area (Å²) in [5.74, 6) is 0.0558. The monoisotopic (exact) mass is 354 g/mol. The molecule has 0 saturated carbocycles. The molecule has 0 N–H and O–H groups in total. The summed E-state index contributed by atoms with van der Waals surface area (Å²) < 4.78 is 37.6. The lowest BCUT2D eigenvalue weighted by Gasteiger charge is -2.45. The van der Waals surface area contributed by atoms with E-state index in [4.69, 9.17) is 9.47 Å². The summed E-state index contributed by atoms with van der Waals surface area (Å²) >= 11 is 0. The van der Waals surface area contributed by atoms with Crippen LogP contribution in [0.1, 0.15) is 53.4 Å². The first-order valence-corrected chi connectivity index (χ1v) is 10.4. The van der Waals surface area contributed by atoms with Gasteiger partial charge in [-0.1, -0.05) is 32.0 Å². The maximum absolute atomic E-state index is 12.9. The Labute approximate surface area is 146 Å². The van der Waals surface area contributed by atoms with Crippen molar-refractivity contribution in [2.24, 2.45) is 5.41 Å². The molecule has 4 nitrogen and oxygen atoms in total. The summed E-state index contributed by atoms with van der Waals surface area (Å²) in [7, 11) is -3.37. The van der Waals surface area contributed by atoms with Crippen LogP contribution in [0.4, 0.5) is 0 Å². The highest BCUT2D eigenvalue weighted by atomic mass is 32.2. The Bertz CT molecular complexity index is 618. The van der Waals surface area contributed by atoms with Crippen molar-refractivity contribution in [2.75, 3.05) is 12.4 Å². The Morgan fingerprint density at radius 1 is 1.17 bits per heavy atom. The van der Waals surface area contributed by atoms with Crippen LogP contribution in [-0.2, 0) is 19.3 Å². The van der Waals surface area contributed by atoms with Crippen LogP contribution >= 0.6 is 0 Å². The standard InChI is InChI=1S/C19H30O4S/c1-5-19(4,15-24(20,21)16-11-7-6-8-12-16)18(2,3)23-17-13-9-10-14-22-17/h6-8,11-12,17H,5,9-10,13-15H2,1-4H3/t17?,19-/m0/s1. The Balaban J connectivity index is 2.19. The molecule has 136 valence electrons. The summed E-state index contributed by atoms with van der Waals surface area (Å²) in [4.78, 5) is 0.370. The molecule has 1 aliphatic heterocycles. The first-order valence-electron chi connectivity index (χ1n) is 8.77. The van der Waals surface area contributed by atoms with E-state index >= 15 is 0 Å². The SMILES string of the molecule is CC[C@@](C)(CS(=O)(=O)c1ccccc1)C(C)(C)OC1CCCCO1. The number of sulfone groups is 1. The minimum atomic E-state index is -3.37. The van der Waals surface area contributed by atoms with E-state index in [1.54, 1.807) is 24.3 Å². The number of benzene rings is 1. The van der Waals surface area contributed by atoms with Crippen molar-refractivity contribution in [3.05, 3.63) is 30.3 Å². The van der Waals surface area contributed by atoms with Crippen molar-refractivity contribution in [1.82, 2.24) is 0 Å². The molecule has 0 aromatic heterocycles. The third-order valence-corrected chi connectivity index (χ3v) is 7.42. The zero-order valence-corrected chi connectivity index (χ0v) is 16.1. The number of hydrogen-bond acceptors (Lipinski definition) is 4. The minimum Gasteiger partial charge on any atom is -0.353 e. The Kier molecular flexibility index (Phi) is 6.10. The highest BCUT2D eigenvalue weighted by molar-refractivity contribution is 7.91. The van der Waals surface area contributed by atoms with Crippen molar-refractivity contribution in [1.29, 1.82) is 0 Å². The fourth-order valence-electron chi connectivity index (χ4n) is 3.11. The second-order valence-corrected chi connectivity index (χ2v) is 9.40. The molecule has 1 aromatic rings. The summed E-state index contributed by atoms with van der Waals surface area (Å²) in [5, 5.41) is 0. The van der Waals surface area contributed by atoms with E-state index in [1.165, 1.54) is 0 Å². The smallest absolute Gasteiger partial charge is 0.179 e. The van der Waals surface area contributed by atoms with Gasteiger partial charge in [0.15, 0.2) is 16.1 Å². The Morgan fingerprint density at radius 2 is 1.83 bits per heavy atom. The van der Waals surface area contributed by atoms with Crippen LogP contribution in [0, 0.1) is 5.41 Å². The van der Waals surface area contributed by atoms with Crippen LogP contribution in [0.5, 0.6) is 0 Å². The van der Waals surface area contributed by atoms with Gasteiger partial charge in [0, 0.05) is 12.0 Å². The lowest BCUT2D eigenvalue weighted by molar-refractivity contribution is -0.242. The van der Waals surface area contributed by atoms with Crippen LogP contribution in [0.15, 0.2) is 35.2 Å². The van der Waals surface area contributed by atoms with Crippen molar-refractivity contribution >= 4 is 9.84 Å².